The fourth-order valence-corrected chi connectivity index (χ4v) is 2.71. The van der Waals surface area contributed by atoms with Crippen molar-refractivity contribution in [3.8, 4) is 5.75 Å². The SMILES string of the molecule is CC(=O)n1cc(C(=O)Nc2ccc(OC(C)C)cc2)c2ccccc21. The minimum atomic E-state index is -0.256. The van der Waals surface area contributed by atoms with E-state index in [4.69, 9.17) is 4.74 Å². The normalized spacial score (nSPS) is 10.9. The predicted octanol–water partition coefficient (Wildman–Crippen LogP) is 4.34. The molecule has 1 N–H and O–H groups in total. The van der Waals surface area contributed by atoms with Crippen LogP contribution in [0.15, 0.2) is 54.7 Å². The Morgan fingerprint density at radius 1 is 1.04 bits per heavy atom. The highest BCUT2D eigenvalue weighted by Crippen LogP contribution is 2.23. The maximum Gasteiger partial charge on any atom is 0.257 e. The predicted molar refractivity (Wildman–Crippen MR) is 98.4 cm³/mol. The lowest BCUT2D eigenvalue weighted by molar-refractivity contribution is 0.0941. The van der Waals surface area contributed by atoms with Crippen molar-refractivity contribution in [3.63, 3.8) is 0 Å². The molecule has 0 aliphatic carbocycles. The quantitative estimate of drug-likeness (QED) is 0.771. The maximum absolute atomic E-state index is 12.7. The molecular weight excluding hydrogens is 316 g/mol. The third-order valence-corrected chi connectivity index (χ3v) is 3.78. The second-order valence-corrected chi connectivity index (χ2v) is 6.09. The Balaban J connectivity index is 1.86. The molecule has 1 aromatic heterocycles. The summed E-state index contributed by atoms with van der Waals surface area (Å²) >= 11 is 0. The van der Waals surface area contributed by atoms with Crippen molar-refractivity contribution in [1.82, 2.24) is 4.57 Å². The molecule has 0 aliphatic rings. The molecule has 2 aromatic carbocycles. The molecule has 0 saturated carbocycles. The van der Waals surface area contributed by atoms with Gasteiger partial charge in [-0.25, -0.2) is 0 Å². The zero-order valence-corrected chi connectivity index (χ0v) is 14.4. The zero-order chi connectivity index (χ0) is 18.0. The van der Waals surface area contributed by atoms with Crippen LogP contribution in [-0.2, 0) is 0 Å². The van der Waals surface area contributed by atoms with E-state index in [1.807, 2.05) is 50.2 Å². The summed E-state index contributed by atoms with van der Waals surface area (Å²) in [5, 5.41) is 3.61. The molecule has 0 fully saturated rings. The molecular formula is C20H20N2O3. The molecule has 0 saturated heterocycles. The lowest BCUT2D eigenvalue weighted by Crippen LogP contribution is -2.12. The Morgan fingerprint density at radius 2 is 1.72 bits per heavy atom. The van der Waals surface area contributed by atoms with E-state index >= 15 is 0 Å². The summed E-state index contributed by atoms with van der Waals surface area (Å²) in [5.74, 6) is 0.361. The van der Waals surface area contributed by atoms with Gasteiger partial charge in [-0.1, -0.05) is 18.2 Å². The lowest BCUT2D eigenvalue weighted by Gasteiger charge is -2.10. The van der Waals surface area contributed by atoms with E-state index in [9.17, 15) is 9.59 Å². The molecule has 0 unspecified atom stereocenters. The van der Waals surface area contributed by atoms with Crippen LogP contribution in [0, 0.1) is 0 Å². The summed E-state index contributed by atoms with van der Waals surface area (Å²) < 4.78 is 7.08. The summed E-state index contributed by atoms with van der Waals surface area (Å²) in [6, 6.07) is 14.6. The van der Waals surface area contributed by atoms with Crippen LogP contribution in [0.1, 0.15) is 35.9 Å². The van der Waals surface area contributed by atoms with Crippen molar-refractivity contribution in [1.29, 1.82) is 0 Å². The Morgan fingerprint density at radius 3 is 2.36 bits per heavy atom. The second-order valence-electron chi connectivity index (χ2n) is 6.09. The van der Waals surface area contributed by atoms with Gasteiger partial charge in [0, 0.05) is 24.2 Å². The first-order chi connectivity index (χ1) is 12.0. The van der Waals surface area contributed by atoms with Crippen LogP contribution < -0.4 is 10.1 Å². The molecule has 5 heteroatoms. The number of carbonyl (C=O) groups excluding carboxylic acids is 2. The van der Waals surface area contributed by atoms with Crippen molar-refractivity contribution in [2.45, 2.75) is 26.9 Å². The minimum Gasteiger partial charge on any atom is -0.491 e. The number of nitrogens with zero attached hydrogens (tertiary/aromatic N) is 1. The van der Waals surface area contributed by atoms with E-state index in [-0.39, 0.29) is 17.9 Å². The maximum atomic E-state index is 12.7. The van der Waals surface area contributed by atoms with E-state index in [0.717, 1.165) is 16.7 Å². The van der Waals surface area contributed by atoms with E-state index in [0.29, 0.717) is 11.3 Å². The molecule has 0 bridgehead atoms. The van der Waals surface area contributed by atoms with E-state index in [1.54, 1.807) is 18.3 Å². The Kier molecular flexibility index (Phi) is 4.57. The highest BCUT2D eigenvalue weighted by Gasteiger charge is 2.16. The van der Waals surface area contributed by atoms with Crippen LogP contribution in [0.2, 0.25) is 0 Å². The monoisotopic (exact) mass is 336 g/mol. The lowest BCUT2D eigenvalue weighted by atomic mass is 10.1. The van der Waals surface area contributed by atoms with Gasteiger partial charge in [-0.2, -0.15) is 0 Å². The smallest absolute Gasteiger partial charge is 0.257 e. The number of nitrogens with one attached hydrogen (secondary N) is 1. The van der Waals surface area contributed by atoms with Crippen LogP contribution >= 0.6 is 0 Å². The topological polar surface area (TPSA) is 60.3 Å². The number of rotatable bonds is 4. The Labute approximate surface area is 146 Å². The number of hydrogen-bond donors (Lipinski definition) is 1. The molecule has 3 rings (SSSR count). The highest BCUT2D eigenvalue weighted by atomic mass is 16.5. The standard InChI is InChI=1S/C20H20N2O3/c1-13(2)25-16-10-8-15(9-11-16)21-20(24)18-12-22(14(3)23)19-7-5-4-6-17(18)19/h4-13H,1-3H3,(H,21,24). The van der Waals surface area contributed by atoms with Crippen molar-refractivity contribution < 1.29 is 14.3 Å². The van der Waals surface area contributed by atoms with E-state index in [1.165, 1.54) is 11.5 Å². The number of carbonyl (C=O) groups is 2. The number of amides is 1. The van der Waals surface area contributed by atoms with Gasteiger partial charge in [0.05, 0.1) is 17.2 Å². The number of fused-ring (bicyclic) bond motifs is 1. The zero-order valence-electron chi connectivity index (χ0n) is 14.4. The molecule has 0 radical (unpaired) electrons. The van der Waals surface area contributed by atoms with Gasteiger partial charge in [0.15, 0.2) is 0 Å². The number of para-hydroxylation sites is 1. The van der Waals surface area contributed by atoms with E-state index < -0.39 is 0 Å². The van der Waals surface area contributed by atoms with Crippen LogP contribution in [0.3, 0.4) is 0 Å². The fraction of sp³-hybridized carbons (Fsp3) is 0.200. The molecule has 0 spiro atoms. The molecule has 1 heterocycles. The summed E-state index contributed by atoms with van der Waals surface area (Å²) in [7, 11) is 0. The first-order valence-corrected chi connectivity index (χ1v) is 8.15. The van der Waals surface area contributed by atoms with Gasteiger partial charge >= 0.3 is 0 Å². The fourth-order valence-electron chi connectivity index (χ4n) is 2.71. The number of ether oxygens (including phenoxy) is 1. The van der Waals surface area contributed by atoms with Crippen LogP contribution in [0.5, 0.6) is 5.75 Å². The molecule has 25 heavy (non-hydrogen) atoms. The molecule has 0 aliphatic heterocycles. The first-order valence-electron chi connectivity index (χ1n) is 8.15. The molecule has 3 aromatic rings. The van der Waals surface area contributed by atoms with Crippen LogP contribution in [-0.4, -0.2) is 22.5 Å². The Hall–Kier alpha value is -3.08. The van der Waals surface area contributed by atoms with Crippen molar-refractivity contribution in [2.24, 2.45) is 0 Å². The average molecular weight is 336 g/mol. The molecule has 1 amide bonds. The van der Waals surface area contributed by atoms with Gasteiger partial charge in [-0.15, -0.1) is 0 Å². The minimum absolute atomic E-state index is 0.0955. The van der Waals surface area contributed by atoms with Crippen molar-refractivity contribution in [2.75, 3.05) is 5.32 Å². The largest absolute Gasteiger partial charge is 0.491 e. The summed E-state index contributed by atoms with van der Waals surface area (Å²) in [5.41, 5.74) is 1.86. The van der Waals surface area contributed by atoms with Gasteiger partial charge in [0.2, 0.25) is 5.91 Å². The summed E-state index contributed by atoms with van der Waals surface area (Å²) in [6.45, 7) is 5.39. The number of aromatic nitrogens is 1. The second kappa shape index (κ2) is 6.81. The number of benzene rings is 2. The van der Waals surface area contributed by atoms with Crippen LogP contribution in [0.25, 0.3) is 10.9 Å². The third kappa shape index (κ3) is 3.55. The third-order valence-electron chi connectivity index (χ3n) is 3.78. The molecule has 0 atom stereocenters. The first kappa shape index (κ1) is 16.8. The molecule has 5 nitrogen and oxygen atoms in total. The van der Waals surface area contributed by atoms with Crippen molar-refractivity contribution >= 4 is 28.4 Å². The van der Waals surface area contributed by atoms with Gasteiger partial charge in [0.1, 0.15) is 5.75 Å². The van der Waals surface area contributed by atoms with Gasteiger partial charge < -0.3 is 10.1 Å². The Bertz CT molecular complexity index is 924. The molecule has 128 valence electrons. The van der Waals surface area contributed by atoms with Gasteiger partial charge in [0.25, 0.3) is 5.91 Å². The highest BCUT2D eigenvalue weighted by molar-refractivity contribution is 6.14. The van der Waals surface area contributed by atoms with Crippen LogP contribution in [0.4, 0.5) is 5.69 Å². The van der Waals surface area contributed by atoms with Gasteiger partial charge in [-0.3, -0.25) is 14.2 Å². The van der Waals surface area contributed by atoms with Gasteiger partial charge in [-0.05, 0) is 44.2 Å². The summed E-state index contributed by atoms with van der Waals surface area (Å²) in [6.07, 6.45) is 1.68. The summed E-state index contributed by atoms with van der Waals surface area (Å²) in [4.78, 5) is 24.5. The average Bonchev–Trinajstić information content (AvgIpc) is 2.96. The van der Waals surface area contributed by atoms with Crippen molar-refractivity contribution in [3.05, 3.63) is 60.3 Å². The number of anilines is 1. The van der Waals surface area contributed by atoms with E-state index in [2.05, 4.69) is 5.32 Å². The number of hydrogen-bond acceptors (Lipinski definition) is 3.